The number of halogens is 1. The van der Waals surface area contributed by atoms with E-state index in [2.05, 4.69) is 15.4 Å². The van der Waals surface area contributed by atoms with Crippen molar-refractivity contribution in [3.05, 3.63) is 75.0 Å². The number of aromatic nitrogens is 5. The number of benzene rings is 2. The Morgan fingerprint density at radius 3 is 2.63 bits per heavy atom. The molecule has 0 aliphatic heterocycles. The third kappa shape index (κ3) is 3.62. The molecule has 27 heavy (non-hydrogen) atoms. The number of ether oxygens (including phenoxy) is 1. The van der Waals surface area contributed by atoms with Gasteiger partial charge in [0.2, 0.25) is 0 Å². The molecule has 4 aromatic rings. The maximum absolute atomic E-state index is 12.1. The first-order valence-electron chi connectivity index (χ1n) is 8.03. The first-order valence-corrected chi connectivity index (χ1v) is 9.29. The molecule has 4 rings (SSSR count). The molecule has 2 heterocycles. The summed E-state index contributed by atoms with van der Waals surface area (Å²) in [5, 5.41) is 10.8. The molecule has 2 aromatic heterocycles. The largest absolute Gasteiger partial charge is 0.465 e. The lowest BCUT2D eigenvalue weighted by atomic mass is 10.2. The summed E-state index contributed by atoms with van der Waals surface area (Å²) in [5.41, 5.74) is 2.91. The summed E-state index contributed by atoms with van der Waals surface area (Å²) < 4.78 is 8.26. The van der Waals surface area contributed by atoms with Gasteiger partial charge in [0.15, 0.2) is 0 Å². The Bertz CT molecular complexity index is 1130. The standard InChI is InChI=1S/C18H14ClN5O2S/c1-23-18(25)24(22-21-23)16-5-3-2-4-13(16)10-26-17-20-15(11-27-17)12-6-8-14(19)9-7-12/h2-9,11H,10H2,1H3. The maximum Gasteiger partial charge on any atom is 0.368 e. The Morgan fingerprint density at radius 2 is 1.89 bits per heavy atom. The topological polar surface area (TPSA) is 74.8 Å². The van der Waals surface area contributed by atoms with Crippen molar-refractivity contribution >= 4 is 22.9 Å². The van der Waals surface area contributed by atoms with Crippen molar-refractivity contribution in [2.24, 2.45) is 7.05 Å². The second kappa shape index (κ2) is 7.34. The van der Waals surface area contributed by atoms with E-state index in [1.54, 1.807) is 13.1 Å². The smallest absolute Gasteiger partial charge is 0.368 e. The molecule has 0 saturated heterocycles. The van der Waals surface area contributed by atoms with Gasteiger partial charge >= 0.3 is 5.69 Å². The van der Waals surface area contributed by atoms with Gasteiger partial charge in [0.05, 0.1) is 11.4 Å². The van der Waals surface area contributed by atoms with E-state index in [1.165, 1.54) is 20.7 Å². The highest BCUT2D eigenvalue weighted by atomic mass is 35.5. The van der Waals surface area contributed by atoms with Crippen LogP contribution in [-0.2, 0) is 13.7 Å². The minimum absolute atomic E-state index is 0.257. The first kappa shape index (κ1) is 17.4. The number of tetrazole rings is 1. The number of thiazole rings is 1. The summed E-state index contributed by atoms with van der Waals surface area (Å²) in [6, 6.07) is 14.9. The van der Waals surface area contributed by atoms with Crippen LogP contribution in [0.4, 0.5) is 0 Å². The van der Waals surface area contributed by atoms with Crippen LogP contribution in [0.2, 0.25) is 5.02 Å². The average molecular weight is 400 g/mol. The predicted molar refractivity (Wildman–Crippen MR) is 103 cm³/mol. The maximum atomic E-state index is 12.1. The third-order valence-corrected chi connectivity index (χ3v) is 4.92. The average Bonchev–Trinajstić information content (AvgIpc) is 3.28. The van der Waals surface area contributed by atoms with Crippen molar-refractivity contribution in [3.63, 3.8) is 0 Å². The summed E-state index contributed by atoms with van der Waals surface area (Å²) in [7, 11) is 1.55. The molecule has 0 saturated carbocycles. The van der Waals surface area contributed by atoms with Crippen molar-refractivity contribution < 1.29 is 4.74 Å². The van der Waals surface area contributed by atoms with Gasteiger partial charge in [0.25, 0.3) is 5.19 Å². The Morgan fingerprint density at radius 1 is 1.11 bits per heavy atom. The summed E-state index contributed by atoms with van der Waals surface area (Å²) in [6.07, 6.45) is 0. The van der Waals surface area contributed by atoms with Gasteiger partial charge in [0, 0.05) is 28.6 Å². The molecule has 0 amide bonds. The zero-order valence-corrected chi connectivity index (χ0v) is 15.8. The van der Waals surface area contributed by atoms with Crippen LogP contribution in [0.15, 0.2) is 58.7 Å². The summed E-state index contributed by atoms with van der Waals surface area (Å²) in [4.78, 5) is 16.6. The molecule has 0 bridgehead atoms. The van der Waals surface area contributed by atoms with E-state index in [4.69, 9.17) is 16.3 Å². The van der Waals surface area contributed by atoms with E-state index < -0.39 is 0 Å². The van der Waals surface area contributed by atoms with Gasteiger partial charge in [-0.15, -0.1) is 0 Å². The van der Waals surface area contributed by atoms with Gasteiger partial charge < -0.3 is 4.74 Å². The van der Waals surface area contributed by atoms with Crippen molar-refractivity contribution in [3.8, 4) is 22.1 Å². The molecular formula is C18H14ClN5O2S. The predicted octanol–water partition coefficient (Wildman–Crippen LogP) is 3.32. The van der Waals surface area contributed by atoms with Crippen LogP contribution in [0.3, 0.4) is 0 Å². The number of hydrogen-bond acceptors (Lipinski definition) is 6. The molecule has 0 atom stereocenters. The van der Waals surface area contributed by atoms with E-state index in [0.717, 1.165) is 16.8 Å². The fraction of sp³-hybridized carbons (Fsp3) is 0.111. The highest BCUT2D eigenvalue weighted by Crippen LogP contribution is 2.28. The van der Waals surface area contributed by atoms with Gasteiger partial charge in [-0.25, -0.2) is 9.78 Å². The monoisotopic (exact) mass is 399 g/mol. The molecule has 0 aliphatic rings. The molecule has 0 spiro atoms. The normalized spacial score (nSPS) is 10.9. The fourth-order valence-corrected chi connectivity index (χ4v) is 3.33. The highest BCUT2D eigenvalue weighted by molar-refractivity contribution is 7.11. The second-order valence-corrected chi connectivity index (χ2v) is 6.98. The minimum Gasteiger partial charge on any atom is -0.465 e. The van der Waals surface area contributed by atoms with Crippen LogP contribution in [0, 0.1) is 0 Å². The molecule has 136 valence electrons. The molecular weight excluding hydrogens is 386 g/mol. The van der Waals surface area contributed by atoms with Gasteiger partial charge in [-0.1, -0.05) is 53.3 Å². The number of aryl methyl sites for hydroxylation is 1. The zero-order valence-electron chi connectivity index (χ0n) is 14.2. The fourth-order valence-electron chi connectivity index (χ4n) is 2.52. The summed E-state index contributed by atoms with van der Waals surface area (Å²) in [5.74, 6) is 0. The van der Waals surface area contributed by atoms with Gasteiger partial charge in [-0.05, 0) is 28.6 Å². The van der Waals surface area contributed by atoms with E-state index in [1.807, 2.05) is 47.8 Å². The number of nitrogens with zero attached hydrogens (tertiary/aromatic N) is 5. The van der Waals surface area contributed by atoms with Crippen molar-refractivity contribution in [2.75, 3.05) is 0 Å². The third-order valence-electron chi connectivity index (χ3n) is 3.92. The Kier molecular flexibility index (Phi) is 4.74. The first-order chi connectivity index (χ1) is 13.1. The van der Waals surface area contributed by atoms with E-state index in [0.29, 0.717) is 15.9 Å². The van der Waals surface area contributed by atoms with Crippen LogP contribution in [-0.4, -0.2) is 24.8 Å². The number of rotatable bonds is 5. The molecule has 9 heteroatoms. The van der Waals surface area contributed by atoms with Crippen molar-refractivity contribution in [2.45, 2.75) is 6.61 Å². The lowest BCUT2D eigenvalue weighted by Gasteiger charge is -2.08. The van der Waals surface area contributed by atoms with Crippen molar-refractivity contribution in [1.29, 1.82) is 0 Å². The second-order valence-electron chi connectivity index (χ2n) is 5.72. The molecule has 0 N–H and O–H groups in total. The summed E-state index contributed by atoms with van der Waals surface area (Å²) in [6.45, 7) is 0.257. The molecule has 0 radical (unpaired) electrons. The SMILES string of the molecule is Cn1nnn(-c2ccccc2COc2nc(-c3ccc(Cl)cc3)cs2)c1=O. The van der Waals surface area contributed by atoms with Crippen LogP contribution >= 0.6 is 22.9 Å². The molecule has 7 nitrogen and oxygen atoms in total. The van der Waals surface area contributed by atoms with Crippen LogP contribution in [0.25, 0.3) is 16.9 Å². The number of hydrogen-bond donors (Lipinski definition) is 0. The summed E-state index contributed by atoms with van der Waals surface area (Å²) >= 11 is 7.33. The highest BCUT2D eigenvalue weighted by Gasteiger charge is 2.12. The number of para-hydroxylation sites is 1. The van der Waals surface area contributed by atoms with Gasteiger partial charge in [0.1, 0.15) is 6.61 Å². The van der Waals surface area contributed by atoms with E-state index in [9.17, 15) is 4.79 Å². The molecule has 0 unspecified atom stereocenters. The lowest BCUT2D eigenvalue weighted by Crippen LogP contribution is -2.23. The Labute approximate surface area is 163 Å². The molecule has 0 fully saturated rings. The Hall–Kier alpha value is -2.97. The lowest BCUT2D eigenvalue weighted by molar-refractivity contribution is 0.304. The quantitative estimate of drug-likeness (QED) is 0.514. The van der Waals surface area contributed by atoms with Gasteiger partial charge in [-0.2, -0.15) is 9.36 Å². The van der Waals surface area contributed by atoms with Crippen LogP contribution < -0.4 is 10.4 Å². The molecule has 2 aromatic carbocycles. The van der Waals surface area contributed by atoms with E-state index >= 15 is 0 Å². The van der Waals surface area contributed by atoms with Crippen LogP contribution in [0.5, 0.6) is 5.19 Å². The zero-order chi connectivity index (χ0) is 18.8. The Balaban J connectivity index is 1.54. The minimum atomic E-state index is -0.318. The van der Waals surface area contributed by atoms with Gasteiger partial charge in [-0.3, -0.25) is 0 Å². The molecule has 0 aliphatic carbocycles. The van der Waals surface area contributed by atoms with Crippen LogP contribution in [0.1, 0.15) is 5.56 Å². The van der Waals surface area contributed by atoms with E-state index in [-0.39, 0.29) is 12.3 Å². The van der Waals surface area contributed by atoms with Crippen molar-refractivity contribution in [1.82, 2.24) is 24.8 Å².